The first-order valence-corrected chi connectivity index (χ1v) is 9.40. The minimum atomic E-state index is 0.144. The lowest BCUT2D eigenvalue weighted by Gasteiger charge is -2.34. The van der Waals surface area contributed by atoms with E-state index in [0.29, 0.717) is 17.9 Å². The molecule has 0 bridgehead atoms. The summed E-state index contributed by atoms with van der Waals surface area (Å²) < 4.78 is 4.16. The molecule has 0 spiro atoms. The van der Waals surface area contributed by atoms with Gasteiger partial charge in [-0.2, -0.15) is 5.10 Å². The number of hydrogen-bond acceptors (Lipinski definition) is 3. The maximum atomic E-state index is 13.1. The van der Waals surface area contributed by atoms with Crippen LogP contribution in [0.25, 0.3) is 0 Å². The van der Waals surface area contributed by atoms with E-state index in [9.17, 15) is 4.79 Å². The van der Waals surface area contributed by atoms with Crippen LogP contribution in [0, 0.1) is 0 Å². The second-order valence-corrected chi connectivity index (χ2v) is 7.74. The molecule has 2 aromatic rings. The van der Waals surface area contributed by atoms with Gasteiger partial charge < -0.3 is 9.47 Å². The van der Waals surface area contributed by atoms with Crippen LogP contribution in [0.15, 0.2) is 18.6 Å². The first-order valence-electron chi connectivity index (χ1n) is 9.40. The third-order valence-electron chi connectivity index (χ3n) is 5.47. The van der Waals surface area contributed by atoms with E-state index in [1.165, 1.54) is 12.8 Å². The maximum absolute atomic E-state index is 13.1. The highest BCUT2D eigenvalue weighted by atomic mass is 16.2. The number of rotatable bonds is 4. The molecule has 0 unspecified atom stereocenters. The number of nitrogens with zero attached hydrogens (tertiary/aromatic N) is 5. The molecule has 0 radical (unpaired) electrons. The van der Waals surface area contributed by atoms with Gasteiger partial charge in [0.15, 0.2) is 0 Å². The molecule has 1 aliphatic heterocycles. The van der Waals surface area contributed by atoms with Gasteiger partial charge >= 0.3 is 0 Å². The minimum absolute atomic E-state index is 0.144. The van der Waals surface area contributed by atoms with Gasteiger partial charge in [-0.15, -0.1) is 0 Å². The molecule has 6 nitrogen and oxygen atoms in total. The van der Waals surface area contributed by atoms with Crippen LogP contribution in [0.3, 0.4) is 0 Å². The first-order chi connectivity index (χ1) is 12.1. The number of carbonyl (C=O) groups excluding carboxylic acids is 1. The number of aromatic nitrogens is 4. The van der Waals surface area contributed by atoms with Crippen LogP contribution in [0.4, 0.5) is 0 Å². The van der Waals surface area contributed by atoms with Gasteiger partial charge in [0.1, 0.15) is 5.82 Å². The van der Waals surface area contributed by atoms with Crippen LogP contribution in [-0.2, 0) is 7.05 Å². The molecular formula is C19H27N5O. The summed E-state index contributed by atoms with van der Waals surface area (Å²) in [6.07, 6.45) is 10.2. The van der Waals surface area contributed by atoms with E-state index in [1.807, 2.05) is 22.8 Å². The standard InChI is InChI=1S/C19H27N5O/c1-13(2)18-20-8-10-24(18)15-5-4-9-23(12-15)19(25)16-11-21-22(3)17(16)14-6-7-14/h8,10-11,13-15H,4-7,9,12H2,1-3H3/t15-/m0/s1. The molecule has 2 aliphatic rings. The number of likely N-dealkylation sites (tertiary alicyclic amines) is 1. The van der Waals surface area contributed by atoms with E-state index >= 15 is 0 Å². The largest absolute Gasteiger partial charge is 0.336 e. The Balaban J connectivity index is 1.55. The van der Waals surface area contributed by atoms with Crippen molar-refractivity contribution in [1.82, 2.24) is 24.2 Å². The fourth-order valence-corrected chi connectivity index (χ4v) is 4.07. The zero-order valence-electron chi connectivity index (χ0n) is 15.4. The summed E-state index contributed by atoms with van der Waals surface area (Å²) in [4.78, 5) is 19.7. The van der Waals surface area contributed by atoms with Crippen LogP contribution < -0.4 is 0 Å². The molecule has 0 N–H and O–H groups in total. The van der Waals surface area contributed by atoms with E-state index in [4.69, 9.17) is 0 Å². The van der Waals surface area contributed by atoms with E-state index in [-0.39, 0.29) is 5.91 Å². The molecular weight excluding hydrogens is 314 g/mol. The normalized spacial score (nSPS) is 21.1. The molecule has 134 valence electrons. The predicted molar refractivity (Wildman–Crippen MR) is 95.7 cm³/mol. The summed E-state index contributed by atoms with van der Waals surface area (Å²) in [6.45, 7) is 5.93. The molecule has 1 atom stereocenters. The van der Waals surface area contributed by atoms with Gasteiger partial charge in [0.05, 0.1) is 23.5 Å². The van der Waals surface area contributed by atoms with Crippen molar-refractivity contribution in [3.63, 3.8) is 0 Å². The Morgan fingerprint density at radius 1 is 1.28 bits per heavy atom. The highest BCUT2D eigenvalue weighted by Gasteiger charge is 2.34. The zero-order chi connectivity index (χ0) is 17.6. The van der Waals surface area contributed by atoms with Crippen molar-refractivity contribution in [3.05, 3.63) is 35.7 Å². The highest BCUT2D eigenvalue weighted by Crippen LogP contribution is 2.41. The van der Waals surface area contributed by atoms with Crippen LogP contribution in [0.2, 0.25) is 0 Å². The average Bonchev–Trinajstić information content (AvgIpc) is 3.18. The van der Waals surface area contributed by atoms with Crippen molar-refractivity contribution >= 4 is 5.91 Å². The lowest BCUT2D eigenvalue weighted by atomic mass is 10.0. The molecule has 1 amide bonds. The lowest BCUT2D eigenvalue weighted by Crippen LogP contribution is -2.41. The van der Waals surface area contributed by atoms with Gasteiger partial charge in [-0.3, -0.25) is 9.48 Å². The second kappa shape index (κ2) is 6.32. The topological polar surface area (TPSA) is 56.0 Å². The number of amides is 1. The quantitative estimate of drug-likeness (QED) is 0.859. The monoisotopic (exact) mass is 341 g/mol. The SMILES string of the molecule is CC(C)c1nccn1[C@H]1CCCN(C(=O)c2cnn(C)c2C2CC2)C1. The van der Waals surface area contributed by atoms with Crippen molar-refractivity contribution in [3.8, 4) is 0 Å². The Bertz CT molecular complexity index is 771. The summed E-state index contributed by atoms with van der Waals surface area (Å²) in [5.74, 6) is 2.17. The summed E-state index contributed by atoms with van der Waals surface area (Å²) in [5.41, 5.74) is 1.93. The Kier molecular flexibility index (Phi) is 4.13. The average molecular weight is 341 g/mol. The van der Waals surface area contributed by atoms with Crippen LogP contribution in [0.5, 0.6) is 0 Å². The molecule has 4 rings (SSSR count). The second-order valence-electron chi connectivity index (χ2n) is 7.74. The van der Waals surface area contributed by atoms with Gasteiger partial charge in [-0.1, -0.05) is 13.8 Å². The molecule has 3 heterocycles. The summed E-state index contributed by atoms with van der Waals surface area (Å²) in [7, 11) is 1.95. The number of hydrogen-bond donors (Lipinski definition) is 0. The third kappa shape index (κ3) is 2.98. The van der Waals surface area contributed by atoms with E-state index < -0.39 is 0 Å². The van der Waals surface area contributed by atoms with Gasteiger partial charge in [0.2, 0.25) is 0 Å². The maximum Gasteiger partial charge on any atom is 0.257 e. The molecule has 25 heavy (non-hydrogen) atoms. The van der Waals surface area contributed by atoms with Crippen LogP contribution >= 0.6 is 0 Å². The number of piperidine rings is 1. The molecule has 1 saturated carbocycles. The summed E-state index contributed by atoms with van der Waals surface area (Å²) in [6, 6.07) is 0.318. The molecule has 0 aromatic carbocycles. The number of imidazole rings is 1. The van der Waals surface area contributed by atoms with Crippen molar-refractivity contribution in [2.75, 3.05) is 13.1 Å². The predicted octanol–water partition coefficient (Wildman–Crippen LogP) is 3.09. The fraction of sp³-hybridized carbons (Fsp3) is 0.632. The summed E-state index contributed by atoms with van der Waals surface area (Å²) in [5, 5.41) is 4.35. The van der Waals surface area contributed by atoms with E-state index in [0.717, 1.165) is 43.0 Å². The minimum Gasteiger partial charge on any atom is -0.336 e. The Labute approximate surface area is 148 Å². The lowest BCUT2D eigenvalue weighted by molar-refractivity contribution is 0.0676. The van der Waals surface area contributed by atoms with Gasteiger partial charge in [-0.25, -0.2) is 4.98 Å². The molecule has 1 aliphatic carbocycles. The zero-order valence-corrected chi connectivity index (χ0v) is 15.4. The number of carbonyl (C=O) groups is 1. The Hall–Kier alpha value is -2.11. The molecule has 1 saturated heterocycles. The van der Waals surface area contributed by atoms with Crippen molar-refractivity contribution in [2.24, 2.45) is 7.05 Å². The van der Waals surface area contributed by atoms with E-state index in [1.54, 1.807) is 6.20 Å². The smallest absolute Gasteiger partial charge is 0.257 e. The van der Waals surface area contributed by atoms with Gasteiger partial charge in [0, 0.05) is 44.4 Å². The molecule has 2 fully saturated rings. The van der Waals surface area contributed by atoms with Gasteiger partial charge in [0.25, 0.3) is 5.91 Å². The van der Waals surface area contributed by atoms with E-state index in [2.05, 4.69) is 34.7 Å². The molecule has 2 aromatic heterocycles. The van der Waals surface area contributed by atoms with Crippen LogP contribution in [-0.4, -0.2) is 43.2 Å². The summed E-state index contributed by atoms with van der Waals surface area (Å²) >= 11 is 0. The first kappa shape index (κ1) is 16.4. The Morgan fingerprint density at radius 3 is 2.80 bits per heavy atom. The fourth-order valence-electron chi connectivity index (χ4n) is 4.07. The van der Waals surface area contributed by atoms with Crippen molar-refractivity contribution in [1.29, 1.82) is 0 Å². The third-order valence-corrected chi connectivity index (χ3v) is 5.47. The van der Waals surface area contributed by atoms with Crippen molar-refractivity contribution in [2.45, 2.75) is 57.4 Å². The highest BCUT2D eigenvalue weighted by molar-refractivity contribution is 5.95. The van der Waals surface area contributed by atoms with Crippen LogP contribution in [0.1, 0.15) is 79.3 Å². The molecule has 6 heteroatoms. The van der Waals surface area contributed by atoms with Gasteiger partial charge in [-0.05, 0) is 25.7 Å². The Morgan fingerprint density at radius 2 is 2.08 bits per heavy atom. The number of aryl methyl sites for hydroxylation is 1. The van der Waals surface area contributed by atoms with Crippen molar-refractivity contribution < 1.29 is 4.79 Å².